The van der Waals surface area contributed by atoms with Gasteiger partial charge in [0.15, 0.2) is 0 Å². The van der Waals surface area contributed by atoms with Gasteiger partial charge < -0.3 is 15.8 Å². The lowest BCUT2D eigenvalue weighted by molar-refractivity contribution is -0.114. The Morgan fingerprint density at radius 2 is 2.31 bits per heavy atom. The fourth-order valence-electron chi connectivity index (χ4n) is 1.36. The number of anilines is 1. The van der Waals surface area contributed by atoms with Crippen LogP contribution in [0.1, 0.15) is 12.5 Å². The molecule has 0 fully saturated rings. The third-order valence-corrected chi connectivity index (χ3v) is 2.01. The van der Waals surface area contributed by atoms with E-state index in [1.807, 2.05) is 24.3 Å². The van der Waals surface area contributed by atoms with Crippen LogP contribution >= 0.6 is 0 Å². The van der Waals surface area contributed by atoms with Gasteiger partial charge in [0.05, 0.1) is 12.8 Å². The molecule has 1 aromatic rings. The summed E-state index contributed by atoms with van der Waals surface area (Å²) in [4.78, 5) is 11.1. The van der Waals surface area contributed by atoms with Crippen LogP contribution in [0.2, 0.25) is 0 Å². The summed E-state index contributed by atoms with van der Waals surface area (Å²) < 4.78 is 5.19. The van der Waals surface area contributed by atoms with E-state index in [1.54, 1.807) is 13.2 Å². The molecule has 0 aliphatic carbocycles. The second-order valence-corrected chi connectivity index (χ2v) is 3.24. The molecule has 1 amide bonds. The van der Waals surface area contributed by atoms with Gasteiger partial charge in [-0.2, -0.15) is 0 Å². The number of para-hydroxylation sites is 1. The van der Waals surface area contributed by atoms with Crippen molar-refractivity contribution in [2.24, 2.45) is 5.73 Å². The first-order chi connectivity index (χ1) is 7.69. The van der Waals surface area contributed by atoms with Gasteiger partial charge >= 0.3 is 0 Å². The number of hydrogen-bond acceptors (Lipinski definition) is 3. The Labute approximate surface area is 95.1 Å². The Hall–Kier alpha value is -1.81. The standard InChI is InChI=1S/C12H16N2O2/c1-9(15)14-12-10(6-4-8-13)5-3-7-11(12)16-2/h3-7H,8,13H2,1-2H3,(H,14,15)/b6-4+. The first kappa shape index (κ1) is 12.3. The number of hydrogen-bond donors (Lipinski definition) is 2. The minimum atomic E-state index is -0.133. The molecule has 0 heterocycles. The predicted molar refractivity (Wildman–Crippen MR) is 65.4 cm³/mol. The van der Waals surface area contributed by atoms with Crippen molar-refractivity contribution in [1.82, 2.24) is 0 Å². The second kappa shape index (κ2) is 5.92. The molecule has 0 atom stereocenters. The fourth-order valence-corrected chi connectivity index (χ4v) is 1.36. The van der Waals surface area contributed by atoms with E-state index >= 15 is 0 Å². The van der Waals surface area contributed by atoms with Crippen LogP contribution in [-0.4, -0.2) is 19.6 Å². The van der Waals surface area contributed by atoms with Crippen molar-refractivity contribution in [2.75, 3.05) is 19.0 Å². The first-order valence-electron chi connectivity index (χ1n) is 5.00. The van der Waals surface area contributed by atoms with Gasteiger partial charge in [-0.25, -0.2) is 0 Å². The van der Waals surface area contributed by atoms with Crippen molar-refractivity contribution in [3.05, 3.63) is 29.8 Å². The lowest BCUT2D eigenvalue weighted by Crippen LogP contribution is -2.08. The van der Waals surface area contributed by atoms with E-state index in [2.05, 4.69) is 5.32 Å². The van der Waals surface area contributed by atoms with E-state index in [0.717, 1.165) is 5.56 Å². The number of carbonyl (C=O) groups is 1. The van der Waals surface area contributed by atoms with Crippen LogP contribution in [-0.2, 0) is 4.79 Å². The van der Waals surface area contributed by atoms with Gasteiger partial charge in [0.2, 0.25) is 5.91 Å². The molecule has 0 bridgehead atoms. The normalized spacial score (nSPS) is 10.4. The number of amides is 1. The number of nitrogens with two attached hydrogens (primary N) is 1. The molecule has 0 aliphatic rings. The maximum absolute atomic E-state index is 11.1. The summed E-state index contributed by atoms with van der Waals surface area (Å²) in [5, 5.41) is 2.75. The molecule has 0 unspecified atom stereocenters. The molecule has 0 aliphatic heterocycles. The second-order valence-electron chi connectivity index (χ2n) is 3.24. The third kappa shape index (κ3) is 3.10. The Bertz CT molecular complexity index is 400. The molecule has 0 aromatic heterocycles. The summed E-state index contributed by atoms with van der Waals surface area (Å²) in [5.74, 6) is 0.501. The van der Waals surface area contributed by atoms with Crippen molar-refractivity contribution in [1.29, 1.82) is 0 Å². The number of carbonyl (C=O) groups excluding carboxylic acids is 1. The third-order valence-electron chi connectivity index (χ3n) is 2.01. The summed E-state index contributed by atoms with van der Waals surface area (Å²) in [6.45, 7) is 1.92. The van der Waals surface area contributed by atoms with Gasteiger partial charge in [-0.1, -0.05) is 24.3 Å². The molecule has 0 saturated carbocycles. The lowest BCUT2D eigenvalue weighted by Gasteiger charge is -2.11. The van der Waals surface area contributed by atoms with Crippen LogP contribution in [0.25, 0.3) is 6.08 Å². The molecule has 0 radical (unpaired) electrons. The average molecular weight is 220 g/mol. The SMILES string of the molecule is COc1cccc(/C=C/CN)c1NC(C)=O. The van der Waals surface area contributed by atoms with Crippen LogP contribution in [0.4, 0.5) is 5.69 Å². The highest BCUT2D eigenvalue weighted by molar-refractivity contribution is 5.93. The topological polar surface area (TPSA) is 64.3 Å². The Balaban J connectivity index is 3.14. The summed E-state index contributed by atoms with van der Waals surface area (Å²) in [6, 6.07) is 5.55. The highest BCUT2D eigenvalue weighted by atomic mass is 16.5. The van der Waals surface area contributed by atoms with Crippen molar-refractivity contribution in [3.63, 3.8) is 0 Å². The van der Waals surface area contributed by atoms with Gasteiger partial charge in [-0.05, 0) is 6.07 Å². The minimum absolute atomic E-state index is 0.133. The van der Waals surface area contributed by atoms with E-state index in [9.17, 15) is 4.79 Å². The summed E-state index contributed by atoms with van der Waals surface area (Å²) in [7, 11) is 1.57. The molecular formula is C12H16N2O2. The quantitative estimate of drug-likeness (QED) is 0.810. The number of nitrogens with one attached hydrogen (secondary N) is 1. The highest BCUT2D eigenvalue weighted by Crippen LogP contribution is 2.29. The number of benzene rings is 1. The zero-order valence-corrected chi connectivity index (χ0v) is 9.49. The maximum atomic E-state index is 11.1. The molecule has 86 valence electrons. The Morgan fingerprint density at radius 3 is 2.88 bits per heavy atom. The Morgan fingerprint density at radius 1 is 1.56 bits per heavy atom. The van der Waals surface area contributed by atoms with Crippen LogP contribution < -0.4 is 15.8 Å². The van der Waals surface area contributed by atoms with E-state index in [1.165, 1.54) is 6.92 Å². The zero-order valence-electron chi connectivity index (χ0n) is 9.49. The van der Waals surface area contributed by atoms with Crippen molar-refractivity contribution < 1.29 is 9.53 Å². The van der Waals surface area contributed by atoms with Gasteiger partial charge in [0, 0.05) is 19.0 Å². The van der Waals surface area contributed by atoms with Crippen molar-refractivity contribution in [3.8, 4) is 5.75 Å². The first-order valence-corrected chi connectivity index (χ1v) is 5.00. The van der Waals surface area contributed by atoms with Crippen LogP contribution in [0.3, 0.4) is 0 Å². The van der Waals surface area contributed by atoms with Gasteiger partial charge in [0.1, 0.15) is 5.75 Å². The number of rotatable bonds is 4. The summed E-state index contributed by atoms with van der Waals surface area (Å²) in [5.41, 5.74) is 6.94. The fraction of sp³-hybridized carbons (Fsp3) is 0.250. The molecule has 0 spiro atoms. The Kier molecular flexibility index (Phi) is 4.54. The van der Waals surface area contributed by atoms with Crippen molar-refractivity contribution >= 4 is 17.7 Å². The monoisotopic (exact) mass is 220 g/mol. The molecular weight excluding hydrogens is 204 g/mol. The molecule has 16 heavy (non-hydrogen) atoms. The lowest BCUT2D eigenvalue weighted by atomic mass is 10.1. The van der Waals surface area contributed by atoms with E-state index in [0.29, 0.717) is 18.0 Å². The smallest absolute Gasteiger partial charge is 0.221 e. The molecule has 3 N–H and O–H groups in total. The van der Waals surface area contributed by atoms with Crippen molar-refractivity contribution in [2.45, 2.75) is 6.92 Å². The van der Waals surface area contributed by atoms with Gasteiger partial charge in [-0.3, -0.25) is 4.79 Å². The molecule has 1 rings (SSSR count). The van der Waals surface area contributed by atoms with Crippen LogP contribution in [0.15, 0.2) is 24.3 Å². The van der Waals surface area contributed by atoms with E-state index in [-0.39, 0.29) is 5.91 Å². The van der Waals surface area contributed by atoms with Gasteiger partial charge in [-0.15, -0.1) is 0 Å². The minimum Gasteiger partial charge on any atom is -0.495 e. The zero-order chi connectivity index (χ0) is 12.0. The molecule has 4 heteroatoms. The maximum Gasteiger partial charge on any atom is 0.221 e. The summed E-state index contributed by atoms with van der Waals surface area (Å²) in [6.07, 6.45) is 3.67. The molecule has 0 saturated heterocycles. The summed E-state index contributed by atoms with van der Waals surface area (Å²) >= 11 is 0. The predicted octanol–water partition coefficient (Wildman–Crippen LogP) is 1.63. The largest absolute Gasteiger partial charge is 0.495 e. The number of methoxy groups -OCH3 is 1. The van der Waals surface area contributed by atoms with Gasteiger partial charge in [0.25, 0.3) is 0 Å². The van der Waals surface area contributed by atoms with Crippen LogP contribution in [0.5, 0.6) is 5.75 Å². The molecule has 1 aromatic carbocycles. The van der Waals surface area contributed by atoms with E-state index in [4.69, 9.17) is 10.5 Å². The average Bonchev–Trinajstić information content (AvgIpc) is 2.27. The van der Waals surface area contributed by atoms with E-state index < -0.39 is 0 Å². The molecule has 4 nitrogen and oxygen atoms in total. The number of ether oxygens (including phenoxy) is 1. The van der Waals surface area contributed by atoms with Crippen LogP contribution in [0, 0.1) is 0 Å². The highest BCUT2D eigenvalue weighted by Gasteiger charge is 2.07.